The minimum atomic E-state index is -0.825. The predicted octanol–water partition coefficient (Wildman–Crippen LogP) is 3.83. The number of anilines is 1. The van der Waals surface area contributed by atoms with E-state index in [1.807, 2.05) is 24.5 Å². The number of aromatic nitrogens is 3. The van der Waals surface area contributed by atoms with E-state index in [2.05, 4.69) is 26.7 Å². The number of para-hydroxylation sites is 1. The number of fused-ring (bicyclic) bond motifs is 1. The lowest BCUT2D eigenvalue weighted by Crippen LogP contribution is -2.52. The van der Waals surface area contributed by atoms with Crippen molar-refractivity contribution in [3.05, 3.63) is 42.2 Å². The van der Waals surface area contributed by atoms with Crippen molar-refractivity contribution >= 4 is 17.7 Å². The van der Waals surface area contributed by atoms with E-state index in [1.54, 1.807) is 16.5 Å². The van der Waals surface area contributed by atoms with Crippen LogP contribution in [0.1, 0.15) is 50.5 Å². The molecule has 1 aliphatic carbocycles. The molecule has 6 rings (SSSR count). The zero-order valence-corrected chi connectivity index (χ0v) is 22.6. The standard InChI is InChI=1S/C30H36N6O4/c31-28-21(18-36-19-26(32-29(36)33-28)25-6-1-2-7-27(25)37)5-3-4-20-8-12-34(13-9-20)22-16-24(17-22)40-23-10-14-35(15-11-23)30(38)39/h1-2,6-7,18-20,22-24,37H,4,8-17H2,(H,38,39)(H2,31,32,33). The highest BCUT2D eigenvalue weighted by molar-refractivity contribution is 5.68. The van der Waals surface area contributed by atoms with Crippen LogP contribution < -0.4 is 5.73 Å². The van der Waals surface area contributed by atoms with Crippen LogP contribution in [0, 0.1) is 17.8 Å². The Morgan fingerprint density at radius 3 is 2.50 bits per heavy atom. The van der Waals surface area contributed by atoms with Crippen LogP contribution in [-0.2, 0) is 4.74 Å². The number of aromatic hydroxyl groups is 1. The van der Waals surface area contributed by atoms with Crippen LogP contribution in [0.25, 0.3) is 17.0 Å². The molecular formula is C30H36N6O4. The first-order valence-corrected chi connectivity index (χ1v) is 14.2. The number of ether oxygens (including phenoxy) is 1. The summed E-state index contributed by atoms with van der Waals surface area (Å²) in [5.74, 6) is 8.14. The molecule has 1 amide bonds. The minimum Gasteiger partial charge on any atom is -0.507 e. The van der Waals surface area contributed by atoms with Crippen molar-refractivity contribution < 1.29 is 19.7 Å². The third kappa shape index (κ3) is 5.71. The molecule has 10 heteroatoms. The van der Waals surface area contributed by atoms with Crippen LogP contribution in [-0.4, -0.2) is 84.9 Å². The van der Waals surface area contributed by atoms with E-state index in [4.69, 9.17) is 15.6 Å². The number of phenols is 1. The van der Waals surface area contributed by atoms with Gasteiger partial charge in [0.05, 0.1) is 23.5 Å². The second-order valence-corrected chi connectivity index (χ2v) is 11.2. The van der Waals surface area contributed by atoms with Crippen LogP contribution in [0.2, 0.25) is 0 Å². The molecule has 0 bridgehead atoms. The molecule has 0 unspecified atom stereocenters. The van der Waals surface area contributed by atoms with Gasteiger partial charge in [0, 0.05) is 43.5 Å². The number of likely N-dealkylation sites (tertiary alicyclic amines) is 2. The highest BCUT2D eigenvalue weighted by atomic mass is 16.5. The van der Waals surface area contributed by atoms with E-state index in [9.17, 15) is 9.90 Å². The van der Waals surface area contributed by atoms with Crippen molar-refractivity contribution in [1.29, 1.82) is 0 Å². The fourth-order valence-electron chi connectivity index (χ4n) is 6.07. The summed E-state index contributed by atoms with van der Waals surface area (Å²) in [6.07, 6.45) is 10.3. The Morgan fingerprint density at radius 1 is 1.02 bits per heavy atom. The van der Waals surface area contributed by atoms with E-state index in [0.29, 0.717) is 59.6 Å². The van der Waals surface area contributed by atoms with Crippen LogP contribution in [0.15, 0.2) is 36.7 Å². The Kier molecular flexibility index (Phi) is 7.50. The van der Waals surface area contributed by atoms with Gasteiger partial charge < -0.3 is 30.5 Å². The first kappa shape index (κ1) is 26.4. The average Bonchev–Trinajstić information content (AvgIpc) is 3.34. The number of imidazole rings is 1. The zero-order valence-electron chi connectivity index (χ0n) is 22.6. The first-order chi connectivity index (χ1) is 19.4. The lowest BCUT2D eigenvalue weighted by Gasteiger charge is -2.46. The maximum atomic E-state index is 11.1. The largest absolute Gasteiger partial charge is 0.507 e. The van der Waals surface area contributed by atoms with Gasteiger partial charge in [-0.2, -0.15) is 4.98 Å². The minimum absolute atomic E-state index is 0.172. The molecule has 2 aliphatic heterocycles. The van der Waals surface area contributed by atoms with E-state index >= 15 is 0 Å². The molecule has 210 valence electrons. The molecule has 3 fully saturated rings. The molecule has 1 aromatic carbocycles. The van der Waals surface area contributed by atoms with Crippen LogP contribution in [0.5, 0.6) is 5.75 Å². The molecule has 0 atom stereocenters. The number of piperidine rings is 2. The summed E-state index contributed by atoms with van der Waals surface area (Å²) >= 11 is 0. The quantitative estimate of drug-likeness (QED) is 0.414. The second-order valence-electron chi connectivity index (χ2n) is 11.2. The van der Waals surface area contributed by atoms with Crippen LogP contribution >= 0.6 is 0 Å². The van der Waals surface area contributed by atoms with Gasteiger partial charge >= 0.3 is 6.09 Å². The van der Waals surface area contributed by atoms with Gasteiger partial charge in [-0.1, -0.05) is 24.0 Å². The number of rotatable bonds is 5. The average molecular weight is 545 g/mol. The van der Waals surface area contributed by atoms with Crippen molar-refractivity contribution in [2.75, 3.05) is 31.9 Å². The van der Waals surface area contributed by atoms with Gasteiger partial charge in [-0.3, -0.25) is 4.40 Å². The number of nitrogens with zero attached hydrogens (tertiary/aromatic N) is 5. The van der Waals surface area contributed by atoms with Gasteiger partial charge in [0.1, 0.15) is 11.6 Å². The third-order valence-corrected chi connectivity index (χ3v) is 8.60. The van der Waals surface area contributed by atoms with Crippen molar-refractivity contribution in [2.45, 2.75) is 63.2 Å². The molecule has 3 aliphatic rings. The van der Waals surface area contributed by atoms with E-state index < -0.39 is 6.09 Å². The van der Waals surface area contributed by atoms with Gasteiger partial charge in [-0.05, 0) is 69.7 Å². The summed E-state index contributed by atoms with van der Waals surface area (Å²) in [5.41, 5.74) is 8.15. The monoisotopic (exact) mass is 544 g/mol. The van der Waals surface area contributed by atoms with Crippen LogP contribution in [0.4, 0.5) is 10.6 Å². The highest BCUT2D eigenvalue weighted by Gasteiger charge is 2.37. The van der Waals surface area contributed by atoms with Crippen molar-refractivity contribution in [2.24, 2.45) is 5.92 Å². The number of nitrogens with two attached hydrogens (primary N) is 1. The highest BCUT2D eigenvalue weighted by Crippen LogP contribution is 2.34. The summed E-state index contributed by atoms with van der Waals surface area (Å²) in [4.78, 5) is 24.1. The summed E-state index contributed by atoms with van der Waals surface area (Å²) in [5, 5.41) is 19.3. The third-order valence-electron chi connectivity index (χ3n) is 8.60. The number of phenolic OH excluding ortho intramolecular Hbond substituents is 1. The topological polar surface area (TPSA) is 129 Å². The number of hydrogen-bond acceptors (Lipinski definition) is 7. The summed E-state index contributed by atoms with van der Waals surface area (Å²) < 4.78 is 8.06. The molecule has 4 N–H and O–H groups in total. The normalized spacial score (nSPS) is 22.6. The Balaban J connectivity index is 0.960. The van der Waals surface area contributed by atoms with Crippen molar-refractivity contribution in [3.63, 3.8) is 0 Å². The van der Waals surface area contributed by atoms with Gasteiger partial charge in [-0.15, -0.1) is 0 Å². The molecule has 0 radical (unpaired) electrons. The van der Waals surface area contributed by atoms with E-state index in [-0.39, 0.29) is 11.9 Å². The van der Waals surface area contributed by atoms with Crippen molar-refractivity contribution in [3.8, 4) is 28.8 Å². The molecular weight excluding hydrogens is 508 g/mol. The number of carboxylic acid groups (broad SMARTS) is 1. The molecule has 40 heavy (non-hydrogen) atoms. The maximum Gasteiger partial charge on any atom is 0.407 e. The number of hydrogen-bond donors (Lipinski definition) is 3. The van der Waals surface area contributed by atoms with E-state index in [1.165, 1.54) is 4.90 Å². The lowest BCUT2D eigenvalue weighted by atomic mass is 9.84. The Hall–Kier alpha value is -3.81. The smallest absolute Gasteiger partial charge is 0.407 e. The Morgan fingerprint density at radius 2 is 1.77 bits per heavy atom. The number of amides is 1. The Bertz CT molecular complexity index is 1420. The zero-order chi connectivity index (χ0) is 27.6. The number of carbonyl (C=O) groups is 1. The predicted molar refractivity (Wildman–Crippen MR) is 151 cm³/mol. The second kappa shape index (κ2) is 11.4. The van der Waals surface area contributed by atoms with Crippen LogP contribution in [0.3, 0.4) is 0 Å². The summed E-state index contributed by atoms with van der Waals surface area (Å²) in [6, 6.07) is 7.69. The van der Waals surface area contributed by atoms with Gasteiger partial charge in [0.2, 0.25) is 5.78 Å². The molecule has 1 saturated carbocycles. The number of nitrogen functional groups attached to an aromatic ring is 1. The Labute approximate surface area is 233 Å². The summed E-state index contributed by atoms with van der Waals surface area (Å²) in [7, 11) is 0. The van der Waals surface area contributed by atoms with Gasteiger partial charge in [0.25, 0.3) is 0 Å². The SMILES string of the molecule is Nc1nc2nc(-c3ccccc3O)cn2cc1C#CCC1CCN(C2CC(OC3CCN(C(=O)O)CC3)C2)CC1. The fraction of sp³-hybridized carbons (Fsp3) is 0.500. The molecule has 3 aromatic rings. The van der Waals surface area contributed by atoms with E-state index in [0.717, 1.165) is 58.0 Å². The molecule has 2 aromatic heterocycles. The molecule has 10 nitrogen and oxygen atoms in total. The molecule has 2 saturated heterocycles. The molecule has 4 heterocycles. The maximum absolute atomic E-state index is 11.1. The summed E-state index contributed by atoms with van der Waals surface area (Å²) in [6.45, 7) is 3.35. The molecule has 0 spiro atoms. The van der Waals surface area contributed by atoms with Crippen molar-refractivity contribution in [1.82, 2.24) is 24.2 Å². The fourth-order valence-corrected chi connectivity index (χ4v) is 6.07. The first-order valence-electron chi connectivity index (χ1n) is 14.2. The van der Waals surface area contributed by atoms with Gasteiger partial charge in [0.15, 0.2) is 0 Å². The van der Waals surface area contributed by atoms with Gasteiger partial charge in [-0.25, -0.2) is 9.78 Å². The number of benzene rings is 1. The lowest BCUT2D eigenvalue weighted by molar-refractivity contribution is -0.105.